The molecule has 52 valence electrons. The van der Waals surface area contributed by atoms with E-state index in [4.69, 9.17) is 5.11 Å². The van der Waals surface area contributed by atoms with E-state index in [-0.39, 0.29) is 6.61 Å². The summed E-state index contributed by atoms with van der Waals surface area (Å²) in [6.07, 6.45) is 2.62. The molecule has 0 amide bonds. The van der Waals surface area contributed by atoms with Gasteiger partial charge in [-0.15, -0.1) is 0 Å². The molecule has 0 fully saturated rings. The van der Waals surface area contributed by atoms with Gasteiger partial charge in [-0.3, -0.25) is 0 Å². The Morgan fingerprint density at radius 3 is 2.60 bits per heavy atom. The molecule has 0 atom stereocenters. The molecule has 3 heteroatoms. The Balaban J connectivity index is 2.89. The van der Waals surface area contributed by atoms with E-state index < -0.39 is 0 Å². The summed E-state index contributed by atoms with van der Waals surface area (Å²) in [5.74, 6) is 0. The van der Waals surface area contributed by atoms with Crippen LogP contribution in [0.5, 0.6) is 0 Å². The topological polar surface area (TPSA) is 45.0 Å². The average molecular weight is 137 g/mol. The Morgan fingerprint density at radius 2 is 2.10 bits per heavy atom. The van der Waals surface area contributed by atoms with E-state index in [1.54, 1.807) is 0 Å². The molecule has 0 saturated heterocycles. The fourth-order valence-corrected chi connectivity index (χ4v) is 0.608. The molecule has 1 aliphatic rings. The molecule has 0 unspecified atom stereocenters. The highest BCUT2D eigenvalue weighted by Gasteiger charge is 2.14. The molecule has 1 heterocycles. The lowest BCUT2D eigenvalue weighted by Gasteiger charge is -1.93. The Kier molecular flexibility index (Phi) is 1.90. The van der Waals surface area contributed by atoms with Crippen molar-refractivity contribution < 1.29 is 5.11 Å². The van der Waals surface area contributed by atoms with Crippen LogP contribution in [0.25, 0.3) is 0 Å². The molecule has 0 bridgehead atoms. The molecule has 0 aromatic heterocycles. The Morgan fingerprint density at radius 1 is 1.40 bits per heavy atom. The van der Waals surface area contributed by atoms with Gasteiger partial charge in [-0.1, -0.05) is 0 Å². The van der Waals surface area contributed by atoms with Crippen LogP contribution in [0.3, 0.4) is 0 Å². The van der Waals surface area contributed by atoms with Crippen molar-refractivity contribution in [3.05, 3.63) is 11.9 Å². The summed E-state index contributed by atoms with van der Waals surface area (Å²) < 4.78 is 0. The molecule has 0 aromatic rings. The van der Waals surface area contributed by atoms with Gasteiger partial charge in [0, 0.05) is 0 Å². The summed E-state index contributed by atoms with van der Waals surface area (Å²) >= 11 is 0. The minimum absolute atomic E-state index is 0.0892. The molecule has 0 spiro atoms. The number of aliphatic hydroxyl groups excluding tert-OH is 1. The molecule has 10 heavy (non-hydrogen) atoms. The highest BCUT2D eigenvalue weighted by Crippen LogP contribution is 2.02. The number of hydrogen-bond acceptors (Lipinski definition) is 3. The van der Waals surface area contributed by atoms with Gasteiger partial charge in [-0.05, 0) is 11.9 Å². The maximum absolute atomic E-state index is 8.62. The van der Waals surface area contributed by atoms with Crippen LogP contribution < -0.4 is 0 Å². The second kappa shape index (κ2) is 2.69. The number of aliphatic hydroxyl groups is 1. The number of rotatable bonds is 1. The van der Waals surface area contributed by atoms with Gasteiger partial charge in [0.05, 0.1) is 6.92 Å². The Labute approximate surface area is 59.8 Å². The minimum Gasteiger partial charge on any atom is -0.387 e. The van der Waals surface area contributed by atoms with E-state index >= 15 is 0 Å². The van der Waals surface area contributed by atoms with Crippen LogP contribution in [0, 0.1) is 6.20 Å². The fraction of sp³-hybridized carbons (Fsp3) is 0.429. The van der Waals surface area contributed by atoms with E-state index in [0.717, 1.165) is 11.4 Å². The molecule has 0 aromatic carbocycles. The zero-order chi connectivity index (χ0) is 7.56. The first-order valence-corrected chi connectivity index (χ1v) is 3.06. The highest BCUT2D eigenvalue weighted by molar-refractivity contribution is 6.41. The first-order chi connectivity index (χ1) is 4.74. The zero-order valence-corrected chi connectivity index (χ0v) is 6.05. The maximum atomic E-state index is 8.62. The van der Waals surface area contributed by atoms with E-state index in [1.165, 1.54) is 0 Å². The Hall–Kier alpha value is -1.05. The Bertz CT molecular complexity index is 226. The van der Waals surface area contributed by atoms with Crippen LogP contribution in [0.1, 0.15) is 13.8 Å². The lowest BCUT2D eigenvalue weighted by atomic mass is 10.2. The number of aliphatic imine (C=N–C) groups is 2. The van der Waals surface area contributed by atoms with Crippen molar-refractivity contribution in [3.63, 3.8) is 0 Å². The fourth-order valence-electron chi connectivity index (χ4n) is 0.608. The van der Waals surface area contributed by atoms with Gasteiger partial charge < -0.3 is 5.11 Å². The molecule has 1 N–H and O–H groups in total. The van der Waals surface area contributed by atoms with Crippen LogP contribution >= 0.6 is 0 Å². The third kappa shape index (κ3) is 1.26. The molecule has 0 aliphatic carbocycles. The average Bonchev–Trinajstić information content (AvgIpc) is 1.95. The van der Waals surface area contributed by atoms with Gasteiger partial charge in [-0.2, -0.15) is 4.99 Å². The van der Waals surface area contributed by atoms with Crippen LogP contribution in [0.4, 0.5) is 0 Å². The third-order valence-electron chi connectivity index (χ3n) is 1.33. The van der Waals surface area contributed by atoms with E-state index in [0.29, 0.717) is 5.70 Å². The summed E-state index contributed by atoms with van der Waals surface area (Å²) in [6.45, 7) is 3.63. The molecule has 0 radical (unpaired) electrons. The normalized spacial score (nSPS) is 16.9. The number of hydrogen-bond donors (Lipinski definition) is 1. The van der Waals surface area contributed by atoms with Gasteiger partial charge >= 0.3 is 0 Å². The van der Waals surface area contributed by atoms with Gasteiger partial charge in [-0.25, -0.2) is 0 Å². The van der Waals surface area contributed by atoms with Crippen molar-refractivity contribution >= 4 is 11.4 Å². The van der Waals surface area contributed by atoms with Crippen molar-refractivity contribution in [2.75, 3.05) is 6.61 Å². The van der Waals surface area contributed by atoms with Crippen molar-refractivity contribution in [2.24, 2.45) is 9.98 Å². The summed E-state index contributed by atoms with van der Waals surface area (Å²) in [6, 6.07) is 0. The van der Waals surface area contributed by atoms with Crippen LogP contribution in [0.2, 0.25) is 0 Å². The summed E-state index contributed by atoms with van der Waals surface area (Å²) in [4.78, 5) is 7.93. The van der Waals surface area contributed by atoms with Crippen LogP contribution in [0.15, 0.2) is 15.7 Å². The monoisotopic (exact) mass is 137 g/mol. The summed E-state index contributed by atoms with van der Waals surface area (Å²) in [7, 11) is 0. The van der Waals surface area contributed by atoms with Crippen LogP contribution in [-0.2, 0) is 0 Å². The first kappa shape index (κ1) is 7.06. The van der Waals surface area contributed by atoms with Crippen LogP contribution in [-0.4, -0.2) is 23.1 Å². The minimum atomic E-state index is -0.0892. The second-order valence-electron chi connectivity index (χ2n) is 2.11. The maximum Gasteiger partial charge on any atom is 0.246 e. The summed E-state index contributed by atoms with van der Waals surface area (Å²) in [5, 5.41) is 8.62. The molecule has 0 saturated carbocycles. The second-order valence-corrected chi connectivity index (χ2v) is 2.11. The molecular weight excluding hydrogens is 128 g/mol. The molecule has 1 aliphatic heterocycles. The smallest absolute Gasteiger partial charge is 0.246 e. The third-order valence-corrected chi connectivity index (χ3v) is 1.33. The van der Waals surface area contributed by atoms with E-state index in [9.17, 15) is 0 Å². The molecular formula is C7H9N2O+. The van der Waals surface area contributed by atoms with Crippen molar-refractivity contribution in [3.8, 4) is 0 Å². The number of nitrogens with zero attached hydrogens (tertiary/aromatic N) is 2. The largest absolute Gasteiger partial charge is 0.387 e. The zero-order valence-electron chi connectivity index (χ0n) is 6.05. The quantitative estimate of drug-likeness (QED) is 0.527. The van der Waals surface area contributed by atoms with Gasteiger partial charge in [0.2, 0.25) is 17.6 Å². The lowest BCUT2D eigenvalue weighted by Crippen LogP contribution is -2.09. The van der Waals surface area contributed by atoms with E-state index in [2.05, 4.69) is 16.2 Å². The van der Waals surface area contributed by atoms with Gasteiger partial charge in [0.25, 0.3) is 0 Å². The lowest BCUT2D eigenvalue weighted by molar-refractivity contribution is 0.329. The predicted molar refractivity (Wildman–Crippen MR) is 40.1 cm³/mol. The molecule has 3 nitrogen and oxygen atoms in total. The predicted octanol–water partition coefficient (Wildman–Crippen LogP) is 0.559. The SMILES string of the molecule is CC1=N[C+]=C(CO)N=C1C. The van der Waals surface area contributed by atoms with Gasteiger partial charge in [0.15, 0.2) is 0 Å². The van der Waals surface area contributed by atoms with Crippen molar-refractivity contribution in [2.45, 2.75) is 13.8 Å². The molecule has 1 rings (SSSR count). The highest BCUT2D eigenvalue weighted by atomic mass is 16.3. The first-order valence-electron chi connectivity index (χ1n) is 3.06. The van der Waals surface area contributed by atoms with E-state index in [1.807, 2.05) is 13.8 Å². The summed E-state index contributed by atoms with van der Waals surface area (Å²) in [5.41, 5.74) is 2.21. The standard InChI is InChI=1S/C7H9N2O/c1-5-6(2)9-7(4-10)3-8-5/h10H,4H2,1-2H3/q+1. The van der Waals surface area contributed by atoms with Crippen molar-refractivity contribution in [1.29, 1.82) is 0 Å². The van der Waals surface area contributed by atoms with Crippen molar-refractivity contribution in [1.82, 2.24) is 0 Å². The van der Waals surface area contributed by atoms with Gasteiger partial charge in [0.1, 0.15) is 12.3 Å².